The summed E-state index contributed by atoms with van der Waals surface area (Å²) in [5, 5.41) is 17.5. The third kappa shape index (κ3) is 1.39. The Hall–Kier alpha value is -2.33. The van der Waals surface area contributed by atoms with E-state index >= 15 is 0 Å². The number of carbonyl (C=O) groups is 1. The van der Waals surface area contributed by atoms with E-state index in [-0.39, 0.29) is 11.4 Å². The monoisotopic (exact) mass is 259 g/mol. The number of hydrogen-bond acceptors (Lipinski definition) is 5. The zero-order valence-electron chi connectivity index (χ0n) is 9.15. The number of hydrogen-bond donors (Lipinski definition) is 4. The first kappa shape index (κ1) is 10.8. The van der Waals surface area contributed by atoms with Crippen LogP contribution in [0.1, 0.15) is 0 Å². The SMILES string of the molecule is N#CC1=C(N)NC(=O)NC12Nc1ccccc1S2. The second kappa shape index (κ2) is 3.58. The first-order valence-corrected chi connectivity index (χ1v) is 6.02. The van der Waals surface area contributed by atoms with Gasteiger partial charge in [0.15, 0.2) is 0 Å². The number of anilines is 1. The molecule has 0 aliphatic carbocycles. The quantitative estimate of drug-likeness (QED) is 0.553. The molecule has 1 aromatic rings. The van der Waals surface area contributed by atoms with Crippen LogP contribution in [0, 0.1) is 11.3 Å². The lowest BCUT2D eigenvalue weighted by molar-refractivity contribution is 0.238. The second-order valence-electron chi connectivity index (χ2n) is 3.88. The molecule has 0 fully saturated rings. The molecule has 2 aliphatic rings. The molecule has 5 N–H and O–H groups in total. The standard InChI is InChI=1S/C11H9N5OS/c12-5-6-9(13)14-10(17)16-11(6)15-7-3-1-2-4-8(7)18-11/h1-4,15H,13H2,(H2,14,16,17). The first-order chi connectivity index (χ1) is 8.64. The zero-order valence-corrected chi connectivity index (χ0v) is 9.97. The molecule has 1 spiro atoms. The van der Waals surface area contributed by atoms with Gasteiger partial charge < -0.3 is 16.4 Å². The van der Waals surface area contributed by atoms with Crippen molar-refractivity contribution >= 4 is 23.5 Å². The molecular formula is C11H9N5OS. The average Bonchev–Trinajstić information content (AvgIpc) is 2.66. The van der Waals surface area contributed by atoms with Gasteiger partial charge in [-0.3, -0.25) is 5.32 Å². The van der Waals surface area contributed by atoms with E-state index in [0.29, 0.717) is 0 Å². The van der Waals surface area contributed by atoms with Gasteiger partial charge in [0, 0.05) is 4.90 Å². The van der Waals surface area contributed by atoms with Crippen LogP contribution in [0.25, 0.3) is 0 Å². The van der Waals surface area contributed by atoms with Gasteiger partial charge in [0.25, 0.3) is 0 Å². The number of para-hydroxylation sites is 1. The summed E-state index contributed by atoms with van der Waals surface area (Å²) in [6, 6.07) is 9.19. The highest BCUT2D eigenvalue weighted by molar-refractivity contribution is 8.01. The summed E-state index contributed by atoms with van der Waals surface area (Å²) in [7, 11) is 0. The summed E-state index contributed by atoms with van der Waals surface area (Å²) in [6.45, 7) is 0. The molecule has 3 rings (SSSR count). The molecule has 7 heteroatoms. The van der Waals surface area contributed by atoms with Crippen molar-refractivity contribution in [1.82, 2.24) is 10.6 Å². The van der Waals surface area contributed by atoms with E-state index < -0.39 is 11.0 Å². The van der Waals surface area contributed by atoms with Gasteiger partial charge >= 0.3 is 6.03 Å². The minimum Gasteiger partial charge on any atom is -0.384 e. The van der Waals surface area contributed by atoms with Crippen LogP contribution >= 0.6 is 11.8 Å². The highest BCUT2D eigenvalue weighted by Crippen LogP contribution is 2.47. The minimum absolute atomic E-state index is 0.0778. The largest absolute Gasteiger partial charge is 0.384 e. The molecule has 2 amide bonds. The van der Waals surface area contributed by atoms with Crippen LogP contribution in [-0.4, -0.2) is 11.0 Å². The van der Waals surface area contributed by atoms with Gasteiger partial charge in [-0.1, -0.05) is 23.9 Å². The predicted octanol–water partition coefficient (Wildman–Crippen LogP) is 0.865. The third-order valence-electron chi connectivity index (χ3n) is 2.73. The van der Waals surface area contributed by atoms with Crippen molar-refractivity contribution in [2.24, 2.45) is 5.73 Å². The Morgan fingerprint density at radius 3 is 2.83 bits per heavy atom. The fourth-order valence-electron chi connectivity index (χ4n) is 1.98. The minimum atomic E-state index is -1.01. The van der Waals surface area contributed by atoms with Crippen molar-refractivity contribution in [3.63, 3.8) is 0 Å². The van der Waals surface area contributed by atoms with Crippen LogP contribution in [-0.2, 0) is 0 Å². The molecule has 0 saturated heterocycles. The van der Waals surface area contributed by atoms with Gasteiger partial charge in [-0.2, -0.15) is 5.26 Å². The van der Waals surface area contributed by atoms with Crippen LogP contribution in [0.5, 0.6) is 0 Å². The van der Waals surface area contributed by atoms with Crippen LogP contribution in [0.2, 0.25) is 0 Å². The van der Waals surface area contributed by atoms with Crippen LogP contribution in [0.3, 0.4) is 0 Å². The molecule has 2 aliphatic heterocycles. The van der Waals surface area contributed by atoms with Crippen LogP contribution in [0.15, 0.2) is 40.6 Å². The van der Waals surface area contributed by atoms with Gasteiger partial charge in [-0.15, -0.1) is 0 Å². The summed E-state index contributed by atoms with van der Waals surface area (Å²) in [5.41, 5.74) is 6.83. The number of nitrogens with two attached hydrogens (primary N) is 1. The summed E-state index contributed by atoms with van der Waals surface area (Å²) < 4.78 is 0. The topological polar surface area (TPSA) is 103 Å². The van der Waals surface area contributed by atoms with Gasteiger partial charge in [0.2, 0.25) is 4.99 Å². The van der Waals surface area contributed by atoms with Crippen molar-refractivity contribution in [2.45, 2.75) is 9.89 Å². The van der Waals surface area contributed by atoms with E-state index in [1.54, 1.807) is 0 Å². The second-order valence-corrected chi connectivity index (χ2v) is 5.14. The number of thioether (sulfide) groups is 1. The van der Waals surface area contributed by atoms with E-state index in [1.807, 2.05) is 30.3 Å². The number of amides is 2. The fraction of sp³-hybridized carbons (Fsp3) is 0.0909. The zero-order chi connectivity index (χ0) is 12.8. The highest BCUT2D eigenvalue weighted by atomic mass is 32.2. The summed E-state index contributed by atoms with van der Waals surface area (Å²) in [6.07, 6.45) is 0. The van der Waals surface area contributed by atoms with E-state index in [9.17, 15) is 10.1 Å². The molecule has 0 aromatic heterocycles. The van der Waals surface area contributed by atoms with Crippen molar-refractivity contribution < 1.29 is 4.79 Å². The summed E-state index contributed by atoms with van der Waals surface area (Å²) in [4.78, 5) is 11.5. The lowest BCUT2D eigenvalue weighted by Crippen LogP contribution is -2.59. The Labute approximate surface area is 107 Å². The molecule has 6 nitrogen and oxygen atoms in total. The van der Waals surface area contributed by atoms with Gasteiger partial charge in [-0.25, -0.2) is 4.79 Å². The lowest BCUT2D eigenvalue weighted by Gasteiger charge is -2.33. The maximum absolute atomic E-state index is 11.5. The van der Waals surface area contributed by atoms with Crippen molar-refractivity contribution in [3.05, 3.63) is 35.7 Å². The highest BCUT2D eigenvalue weighted by Gasteiger charge is 2.47. The molecule has 0 saturated carbocycles. The predicted molar refractivity (Wildman–Crippen MR) is 67.1 cm³/mol. The molecule has 2 heterocycles. The van der Waals surface area contributed by atoms with Gasteiger partial charge in [-0.05, 0) is 12.1 Å². The number of urea groups is 1. The molecule has 1 unspecified atom stereocenters. The Morgan fingerprint density at radius 1 is 1.33 bits per heavy atom. The van der Waals surface area contributed by atoms with E-state index in [1.165, 1.54) is 11.8 Å². The number of benzene rings is 1. The molecule has 18 heavy (non-hydrogen) atoms. The van der Waals surface area contributed by atoms with E-state index in [4.69, 9.17) is 5.73 Å². The van der Waals surface area contributed by atoms with Crippen LogP contribution < -0.4 is 21.7 Å². The summed E-state index contributed by atoms with van der Waals surface area (Å²) >= 11 is 1.36. The van der Waals surface area contributed by atoms with E-state index in [2.05, 4.69) is 16.0 Å². The first-order valence-electron chi connectivity index (χ1n) is 5.20. The van der Waals surface area contributed by atoms with Crippen LogP contribution in [0.4, 0.5) is 10.5 Å². The van der Waals surface area contributed by atoms with Gasteiger partial charge in [0.05, 0.1) is 5.69 Å². The molecule has 1 aromatic carbocycles. The fourth-order valence-corrected chi connectivity index (χ4v) is 3.24. The Kier molecular flexibility index (Phi) is 2.15. The average molecular weight is 259 g/mol. The third-order valence-corrected chi connectivity index (χ3v) is 4.02. The molecule has 1 atom stereocenters. The molecule has 0 bridgehead atoms. The van der Waals surface area contributed by atoms with Crippen molar-refractivity contribution in [3.8, 4) is 6.07 Å². The maximum atomic E-state index is 11.5. The number of nitrogens with one attached hydrogen (secondary N) is 3. The van der Waals surface area contributed by atoms with E-state index in [0.717, 1.165) is 10.6 Å². The lowest BCUT2D eigenvalue weighted by atomic mass is 10.1. The molecule has 0 radical (unpaired) electrons. The molecule has 90 valence electrons. The Morgan fingerprint density at radius 2 is 2.11 bits per heavy atom. The maximum Gasteiger partial charge on any atom is 0.323 e. The number of carbonyl (C=O) groups excluding carboxylic acids is 1. The molecular weight excluding hydrogens is 250 g/mol. The number of rotatable bonds is 0. The Bertz CT molecular complexity index is 593. The van der Waals surface area contributed by atoms with Crippen molar-refractivity contribution in [1.29, 1.82) is 5.26 Å². The van der Waals surface area contributed by atoms with Gasteiger partial charge in [0.1, 0.15) is 17.5 Å². The number of nitriles is 1. The normalized spacial score (nSPS) is 24.9. The van der Waals surface area contributed by atoms with Crippen molar-refractivity contribution in [2.75, 3.05) is 5.32 Å². The summed E-state index contributed by atoms with van der Waals surface area (Å²) in [5.74, 6) is 0.0778. The number of fused-ring (bicyclic) bond motifs is 1. The number of nitrogens with zero attached hydrogens (tertiary/aromatic N) is 1. The Balaban J connectivity index is 2.10. The smallest absolute Gasteiger partial charge is 0.323 e.